The minimum Gasteiger partial charge on any atom is -0.207 e. The molecular formula is C23H23F7. The van der Waals surface area contributed by atoms with Crippen LogP contribution in [0.4, 0.5) is 30.7 Å². The molecule has 0 aliphatic heterocycles. The third-order valence-electron chi connectivity index (χ3n) is 5.94. The molecule has 3 rings (SSSR count). The van der Waals surface area contributed by atoms with Crippen LogP contribution in [0.15, 0.2) is 24.3 Å². The number of halogens is 7. The maximum Gasteiger partial charge on any atom is 0.422 e. The average Bonchev–Trinajstić information content (AvgIpc) is 2.63. The average molecular weight is 432 g/mol. The highest BCUT2D eigenvalue weighted by Crippen LogP contribution is 2.39. The summed E-state index contributed by atoms with van der Waals surface area (Å²) in [5, 5.41) is 0. The number of alkyl halides is 3. The van der Waals surface area contributed by atoms with Crippen molar-refractivity contribution >= 4 is 0 Å². The minimum absolute atomic E-state index is 0.0529. The lowest BCUT2D eigenvalue weighted by Gasteiger charge is -2.29. The molecule has 30 heavy (non-hydrogen) atoms. The van der Waals surface area contributed by atoms with E-state index in [9.17, 15) is 30.7 Å². The molecule has 1 fully saturated rings. The topological polar surface area (TPSA) is 0 Å². The summed E-state index contributed by atoms with van der Waals surface area (Å²) in [6.07, 6.45) is 0.221. The highest BCUT2D eigenvalue weighted by Gasteiger charge is 2.38. The zero-order valence-electron chi connectivity index (χ0n) is 16.6. The van der Waals surface area contributed by atoms with Gasteiger partial charge in [-0.25, -0.2) is 17.6 Å². The van der Waals surface area contributed by atoms with Gasteiger partial charge in [0.25, 0.3) is 0 Å². The van der Waals surface area contributed by atoms with Crippen LogP contribution in [-0.4, -0.2) is 0 Å². The van der Waals surface area contributed by atoms with Crippen molar-refractivity contribution in [2.75, 3.05) is 0 Å². The Labute approximate surface area is 171 Å². The highest BCUT2D eigenvalue weighted by molar-refractivity contribution is 5.35. The molecule has 2 aromatic rings. The third-order valence-corrected chi connectivity index (χ3v) is 5.94. The zero-order chi connectivity index (χ0) is 22.1. The van der Waals surface area contributed by atoms with Gasteiger partial charge in [-0.15, -0.1) is 0 Å². The van der Waals surface area contributed by atoms with Crippen LogP contribution in [0.1, 0.15) is 73.6 Å². The molecule has 164 valence electrons. The van der Waals surface area contributed by atoms with Gasteiger partial charge in [-0.05, 0) is 72.9 Å². The van der Waals surface area contributed by atoms with E-state index in [4.69, 9.17) is 0 Å². The first-order valence-corrected chi connectivity index (χ1v) is 10.1. The number of hydrogen-bond acceptors (Lipinski definition) is 0. The largest absolute Gasteiger partial charge is 0.422 e. The molecule has 0 saturated heterocycles. The molecule has 2 aromatic carbocycles. The lowest BCUT2D eigenvalue weighted by Crippen LogP contribution is -2.14. The molecule has 0 spiro atoms. The fourth-order valence-corrected chi connectivity index (χ4v) is 4.42. The van der Waals surface area contributed by atoms with E-state index in [0.29, 0.717) is 23.6 Å². The van der Waals surface area contributed by atoms with Gasteiger partial charge in [-0.1, -0.05) is 19.8 Å². The number of benzene rings is 2. The molecule has 0 nitrogen and oxygen atoms in total. The molecule has 0 bridgehead atoms. The molecule has 0 unspecified atom stereocenters. The maximum absolute atomic E-state index is 14.6. The second-order valence-corrected chi connectivity index (χ2v) is 8.08. The van der Waals surface area contributed by atoms with E-state index in [1.165, 1.54) is 12.1 Å². The summed E-state index contributed by atoms with van der Waals surface area (Å²) in [7, 11) is 0. The van der Waals surface area contributed by atoms with E-state index in [1.54, 1.807) is 0 Å². The van der Waals surface area contributed by atoms with E-state index >= 15 is 0 Å². The Bertz CT molecular complexity index is 847. The van der Waals surface area contributed by atoms with E-state index in [2.05, 4.69) is 6.92 Å². The molecule has 0 aromatic heterocycles. The third kappa shape index (κ3) is 4.98. The summed E-state index contributed by atoms with van der Waals surface area (Å²) in [5.41, 5.74) is -2.16. The van der Waals surface area contributed by atoms with Crippen molar-refractivity contribution < 1.29 is 30.7 Å². The van der Waals surface area contributed by atoms with E-state index in [1.807, 2.05) is 0 Å². The van der Waals surface area contributed by atoms with Crippen molar-refractivity contribution in [2.45, 2.75) is 64.0 Å². The number of rotatable bonds is 5. The van der Waals surface area contributed by atoms with Crippen LogP contribution in [0.3, 0.4) is 0 Å². The first-order valence-electron chi connectivity index (χ1n) is 10.1. The van der Waals surface area contributed by atoms with E-state index < -0.39 is 47.0 Å². The summed E-state index contributed by atoms with van der Waals surface area (Å²) in [4.78, 5) is 0. The molecular weight excluding hydrogens is 409 g/mol. The van der Waals surface area contributed by atoms with Crippen LogP contribution in [0, 0.1) is 29.2 Å². The fraction of sp³-hybridized carbons (Fsp3) is 0.478. The lowest BCUT2D eigenvalue weighted by atomic mass is 9.77. The molecule has 0 atom stereocenters. The predicted octanol–water partition coefficient (Wildman–Crippen LogP) is 7.93. The summed E-state index contributed by atoms with van der Waals surface area (Å²) in [6.45, 7) is 2.13. The van der Waals surface area contributed by atoms with E-state index in [0.717, 1.165) is 38.5 Å². The Morgan fingerprint density at radius 1 is 0.800 bits per heavy atom. The Morgan fingerprint density at radius 2 is 1.33 bits per heavy atom. The minimum atomic E-state index is -5.19. The second kappa shape index (κ2) is 8.98. The first kappa shape index (κ1) is 22.6. The monoisotopic (exact) mass is 432 g/mol. The van der Waals surface area contributed by atoms with Crippen molar-refractivity contribution in [3.63, 3.8) is 0 Å². The molecule has 1 aliphatic rings. The summed E-state index contributed by atoms with van der Waals surface area (Å²) in [5.74, 6) is -4.64. The lowest BCUT2D eigenvalue weighted by molar-refractivity contribution is -0.142. The Kier molecular flexibility index (Phi) is 6.78. The van der Waals surface area contributed by atoms with Crippen LogP contribution >= 0.6 is 0 Å². The van der Waals surface area contributed by atoms with Crippen molar-refractivity contribution in [1.82, 2.24) is 0 Å². The first-order chi connectivity index (χ1) is 14.1. The molecule has 0 radical (unpaired) electrons. The number of hydrogen-bond donors (Lipinski definition) is 0. The van der Waals surface area contributed by atoms with E-state index in [-0.39, 0.29) is 11.5 Å². The van der Waals surface area contributed by atoms with Gasteiger partial charge >= 0.3 is 6.18 Å². The molecule has 1 saturated carbocycles. The summed E-state index contributed by atoms with van der Waals surface area (Å²) in [6, 6.07) is 3.40. The van der Waals surface area contributed by atoms with Gasteiger partial charge in [0.15, 0.2) is 0 Å². The van der Waals surface area contributed by atoms with Crippen molar-refractivity contribution in [2.24, 2.45) is 5.92 Å². The quantitative estimate of drug-likeness (QED) is 0.421. The van der Waals surface area contributed by atoms with Gasteiger partial charge in [-0.2, -0.15) is 13.2 Å². The van der Waals surface area contributed by atoms with Crippen molar-refractivity contribution in [1.29, 1.82) is 0 Å². The van der Waals surface area contributed by atoms with Crippen LogP contribution in [-0.2, 0) is 12.6 Å². The molecule has 0 heterocycles. The van der Waals surface area contributed by atoms with Crippen LogP contribution in [0.5, 0.6) is 0 Å². The van der Waals surface area contributed by atoms with Crippen molar-refractivity contribution in [3.05, 3.63) is 69.8 Å². The predicted molar refractivity (Wildman–Crippen MR) is 100 cm³/mol. The van der Waals surface area contributed by atoms with Crippen LogP contribution in [0.2, 0.25) is 0 Å². The normalized spacial score (nSPS) is 19.9. The standard InChI is InChI=1S/C23H23F7/c1-2-3-13-4-6-15(7-5-13)16-11-18(24)17(19(25)12-16)8-14-9-20(26)22(21(27)10-14)23(28,29)30/h9-13,15H,2-8H2,1H3. The molecule has 1 aliphatic carbocycles. The van der Waals surface area contributed by atoms with Gasteiger partial charge in [0, 0.05) is 12.0 Å². The van der Waals surface area contributed by atoms with Crippen LogP contribution in [0.25, 0.3) is 0 Å². The Morgan fingerprint density at radius 3 is 1.80 bits per heavy atom. The summed E-state index contributed by atoms with van der Waals surface area (Å²) >= 11 is 0. The maximum atomic E-state index is 14.6. The molecule has 0 amide bonds. The SMILES string of the molecule is CCCC1CCC(c2cc(F)c(Cc3cc(F)c(C(F)(F)F)c(F)c3)c(F)c2)CC1. The Hall–Kier alpha value is -2.05. The van der Waals surface area contributed by atoms with Crippen LogP contribution < -0.4 is 0 Å². The van der Waals surface area contributed by atoms with Crippen molar-refractivity contribution in [3.8, 4) is 0 Å². The molecule has 0 N–H and O–H groups in total. The smallest absolute Gasteiger partial charge is 0.207 e. The molecule has 7 heteroatoms. The van der Waals surface area contributed by atoms with Gasteiger partial charge in [0.05, 0.1) is 0 Å². The fourth-order valence-electron chi connectivity index (χ4n) is 4.42. The zero-order valence-corrected chi connectivity index (χ0v) is 16.6. The van der Waals surface area contributed by atoms with Gasteiger partial charge in [-0.3, -0.25) is 0 Å². The van der Waals surface area contributed by atoms with Gasteiger partial charge in [0.1, 0.15) is 28.8 Å². The Balaban J connectivity index is 1.80. The van der Waals surface area contributed by atoms with Gasteiger partial charge < -0.3 is 0 Å². The van der Waals surface area contributed by atoms with Gasteiger partial charge in [0.2, 0.25) is 0 Å². The summed E-state index contributed by atoms with van der Waals surface area (Å²) < 4.78 is 94.8. The second-order valence-electron chi connectivity index (χ2n) is 8.08. The highest BCUT2D eigenvalue weighted by atomic mass is 19.4.